The van der Waals surface area contributed by atoms with Crippen LogP contribution in [-0.4, -0.2) is 36.3 Å². The Morgan fingerprint density at radius 3 is 2.50 bits per heavy atom. The summed E-state index contributed by atoms with van der Waals surface area (Å²) in [7, 11) is 0. The van der Waals surface area contributed by atoms with E-state index in [2.05, 4.69) is 19.2 Å². The summed E-state index contributed by atoms with van der Waals surface area (Å²) in [4.78, 5) is 24.9. The lowest BCUT2D eigenvalue weighted by Gasteiger charge is -2.29. The smallest absolute Gasteiger partial charge is 0.311 e. The molecule has 0 aromatic carbocycles. The maximum Gasteiger partial charge on any atom is 0.311 e. The topological polar surface area (TPSA) is 49.4 Å². The van der Waals surface area contributed by atoms with E-state index >= 15 is 0 Å². The number of nitrogens with zero attached hydrogens (tertiary/aromatic N) is 1. The zero-order valence-electron chi connectivity index (χ0n) is 10.3. The molecule has 1 N–H and O–H groups in total. The fourth-order valence-electron chi connectivity index (χ4n) is 1.81. The third kappa shape index (κ3) is 3.83. The molecule has 1 aliphatic heterocycles. The molecule has 0 atom stereocenters. The van der Waals surface area contributed by atoms with Gasteiger partial charge in [-0.3, -0.25) is 9.59 Å². The summed E-state index contributed by atoms with van der Waals surface area (Å²) in [6.45, 7) is 6.29. The third-order valence-corrected chi connectivity index (χ3v) is 3.08. The Bertz CT molecular complexity index is 245. The Hall–Kier alpha value is -1.06. The molecule has 1 saturated heterocycles. The van der Waals surface area contributed by atoms with E-state index in [1.54, 1.807) is 4.90 Å². The van der Waals surface area contributed by atoms with Gasteiger partial charge >= 0.3 is 11.8 Å². The molecule has 2 amide bonds. The fourth-order valence-corrected chi connectivity index (χ4v) is 1.81. The Morgan fingerprint density at radius 2 is 1.94 bits per heavy atom. The Labute approximate surface area is 97.4 Å². The lowest BCUT2D eigenvalue weighted by Crippen LogP contribution is -2.46. The lowest BCUT2D eigenvalue weighted by molar-refractivity contribution is -0.146. The van der Waals surface area contributed by atoms with E-state index in [0.29, 0.717) is 12.5 Å². The van der Waals surface area contributed by atoms with Crippen LogP contribution < -0.4 is 5.32 Å². The number of hydrogen-bond acceptors (Lipinski definition) is 2. The molecule has 0 aliphatic carbocycles. The minimum Gasteiger partial charge on any atom is -0.348 e. The van der Waals surface area contributed by atoms with Crippen molar-refractivity contribution in [2.75, 3.05) is 19.6 Å². The van der Waals surface area contributed by atoms with Gasteiger partial charge in [-0.25, -0.2) is 0 Å². The van der Waals surface area contributed by atoms with E-state index in [1.807, 2.05) is 0 Å². The normalized spacial score (nSPS) is 17.2. The van der Waals surface area contributed by atoms with Crippen molar-refractivity contribution in [1.29, 1.82) is 0 Å². The van der Waals surface area contributed by atoms with E-state index in [9.17, 15) is 9.59 Å². The molecular weight excluding hydrogens is 204 g/mol. The second-order valence-corrected chi connectivity index (χ2v) is 4.58. The van der Waals surface area contributed by atoms with Crippen molar-refractivity contribution >= 4 is 11.8 Å². The molecule has 16 heavy (non-hydrogen) atoms. The molecule has 1 aliphatic rings. The first-order chi connectivity index (χ1) is 7.65. The van der Waals surface area contributed by atoms with E-state index in [-0.39, 0.29) is 5.91 Å². The van der Waals surface area contributed by atoms with Gasteiger partial charge in [0.2, 0.25) is 0 Å². The quantitative estimate of drug-likeness (QED) is 0.580. The van der Waals surface area contributed by atoms with Crippen LogP contribution in [0.2, 0.25) is 0 Å². The Morgan fingerprint density at radius 1 is 1.31 bits per heavy atom. The standard InChI is InChI=1S/C12H22N2O2/c1-3-4-7-13-11(15)12(16)14-8-5-10(2)6-9-14/h10H,3-9H2,1-2H3,(H,13,15). The van der Waals surface area contributed by atoms with Crippen LogP contribution >= 0.6 is 0 Å². The third-order valence-electron chi connectivity index (χ3n) is 3.08. The van der Waals surface area contributed by atoms with Gasteiger partial charge in [0, 0.05) is 19.6 Å². The van der Waals surface area contributed by atoms with Crippen LogP contribution in [-0.2, 0) is 9.59 Å². The number of likely N-dealkylation sites (tertiary alicyclic amines) is 1. The van der Waals surface area contributed by atoms with Crippen molar-refractivity contribution in [1.82, 2.24) is 10.2 Å². The predicted molar refractivity (Wildman–Crippen MR) is 62.9 cm³/mol. The van der Waals surface area contributed by atoms with E-state index < -0.39 is 5.91 Å². The van der Waals surface area contributed by atoms with E-state index in [0.717, 1.165) is 38.8 Å². The minimum absolute atomic E-state index is 0.358. The SMILES string of the molecule is CCCCNC(=O)C(=O)N1CCC(C)CC1. The maximum atomic E-state index is 11.7. The number of carbonyl (C=O) groups excluding carboxylic acids is 2. The molecular formula is C12H22N2O2. The molecule has 92 valence electrons. The van der Waals surface area contributed by atoms with Gasteiger partial charge in [0.15, 0.2) is 0 Å². The van der Waals surface area contributed by atoms with Crippen LogP contribution in [0.1, 0.15) is 39.5 Å². The molecule has 0 saturated carbocycles. The van der Waals surface area contributed by atoms with Crippen molar-refractivity contribution in [2.45, 2.75) is 39.5 Å². The van der Waals surface area contributed by atoms with Crippen LogP contribution in [0.15, 0.2) is 0 Å². The highest BCUT2D eigenvalue weighted by atomic mass is 16.2. The van der Waals surface area contributed by atoms with Gasteiger partial charge < -0.3 is 10.2 Å². The second kappa shape index (κ2) is 6.51. The van der Waals surface area contributed by atoms with Gasteiger partial charge in [-0.15, -0.1) is 0 Å². The van der Waals surface area contributed by atoms with Crippen molar-refractivity contribution in [3.8, 4) is 0 Å². The van der Waals surface area contributed by atoms with Crippen molar-refractivity contribution in [3.05, 3.63) is 0 Å². The molecule has 4 nitrogen and oxygen atoms in total. The predicted octanol–water partition coefficient (Wildman–Crippen LogP) is 1.16. The molecule has 1 rings (SSSR count). The summed E-state index contributed by atoms with van der Waals surface area (Å²) in [5, 5.41) is 2.66. The first-order valence-corrected chi connectivity index (χ1v) is 6.22. The molecule has 0 aromatic rings. The van der Waals surface area contributed by atoms with Gasteiger partial charge in [0.1, 0.15) is 0 Å². The first kappa shape index (κ1) is 13.0. The fraction of sp³-hybridized carbons (Fsp3) is 0.833. The van der Waals surface area contributed by atoms with Gasteiger partial charge in [0.25, 0.3) is 0 Å². The number of rotatable bonds is 3. The number of nitrogens with one attached hydrogen (secondary N) is 1. The first-order valence-electron chi connectivity index (χ1n) is 6.22. The highest BCUT2D eigenvalue weighted by molar-refractivity contribution is 6.35. The van der Waals surface area contributed by atoms with E-state index in [1.165, 1.54) is 0 Å². The van der Waals surface area contributed by atoms with Crippen molar-refractivity contribution in [3.63, 3.8) is 0 Å². The molecule has 1 fully saturated rings. The Kier molecular flexibility index (Phi) is 5.29. The number of unbranched alkanes of at least 4 members (excludes halogenated alkanes) is 1. The highest BCUT2D eigenvalue weighted by Crippen LogP contribution is 2.15. The number of piperidine rings is 1. The number of hydrogen-bond donors (Lipinski definition) is 1. The number of carbonyl (C=O) groups is 2. The average Bonchev–Trinajstić information content (AvgIpc) is 2.29. The van der Waals surface area contributed by atoms with E-state index in [4.69, 9.17) is 0 Å². The lowest BCUT2D eigenvalue weighted by atomic mass is 9.99. The molecule has 0 aromatic heterocycles. The molecule has 1 heterocycles. The van der Waals surface area contributed by atoms with Crippen LogP contribution in [0.4, 0.5) is 0 Å². The highest BCUT2D eigenvalue weighted by Gasteiger charge is 2.24. The summed E-state index contributed by atoms with van der Waals surface area (Å²) in [6.07, 6.45) is 3.97. The average molecular weight is 226 g/mol. The molecule has 4 heteroatoms. The summed E-state index contributed by atoms with van der Waals surface area (Å²) in [5.74, 6) is -0.127. The van der Waals surface area contributed by atoms with Gasteiger partial charge in [0.05, 0.1) is 0 Å². The number of amides is 2. The molecule has 0 unspecified atom stereocenters. The van der Waals surface area contributed by atoms with Gasteiger partial charge in [-0.05, 0) is 25.2 Å². The zero-order chi connectivity index (χ0) is 12.0. The second-order valence-electron chi connectivity index (χ2n) is 4.58. The Balaban J connectivity index is 2.30. The summed E-state index contributed by atoms with van der Waals surface area (Å²) >= 11 is 0. The minimum atomic E-state index is -0.442. The molecule has 0 radical (unpaired) electrons. The molecule has 0 bridgehead atoms. The largest absolute Gasteiger partial charge is 0.348 e. The van der Waals surface area contributed by atoms with Gasteiger partial charge in [-0.1, -0.05) is 20.3 Å². The van der Waals surface area contributed by atoms with Crippen LogP contribution in [0.3, 0.4) is 0 Å². The van der Waals surface area contributed by atoms with Gasteiger partial charge in [-0.2, -0.15) is 0 Å². The van der Waals surface area contributed by atoms with Crippen LogP contribution in [0.25, 0.3) is 0 Å². The zero-order valence-corrected chi connectivity index (χ0v) is 10.3. The molecule has 0 spiro atoms. The van der Waals surface area contributed by atoms with Crippen LogP contribution in [0, 0.1) is 5.92 Å². The van der Waals surface area contributed by atoms with Crippen LogP contribution in [0.5, 0.6) is 0 Å². The maximum absolute atomic E-state index is 11.7. The van der Waals surface area contributed by atoms with Crippen molar-refractivity contribution in [2.24, 2.45) is 5.92 Å². The summed E-state index contributed by atoms with van der Waals surface area (Å²) < 4.78 is 0. The summed E-state index contributed by atoms with van der Waals surface area (Å²) in [5.41, 5.74) is 0. The summed E-state index contributed by atoms with van der Waals surface area (Å²) in [6, 6.07) is 0. The van der Waals surface area contributed by atoms with Crippen molar-refractivity contribution < 1.29 is 9.59 Å². The monoisotopic (exact) mass is 226 g/mol.